The summed E-state index contributed by atoms with van der Waals surface area (Å²) in [5, 5.41) is 13.9. The maximum absolute atomic E-state index is 14.1. The number of para-hydroxylation sites is 1. The van der Waals surface area contributed by atoms with Gasteiger partial charge in [-0.15, -0.1) is 0 Å². The van der Waals surface area contributed by atoms with Crippen LogP contribution in [0.5, 0.6) is 0 Å². The van der Waals surface area contributed by atoms with Crippen molar-refractivity contribution in [1.29, 1.82) is 0 Å². The lowest BCUT2D eigenvalue weighted by molar-refractivity contribution is -0.295. The second-order valence-corrected chi connectivity index (χ2v) is 9.79. The number of H-pyrrole nitrogens is 1. The Kier molecular flexibility index (Phi) is 5.99. The molecule has 3 aromatic rings. The molecule has 2 N–H and O–H groups in total. The van der Waals surface area contributed by atoms with Crippen molar-refractivity contribution in [3.63, 3.8) is 0 Å². The average molecular weight is 474 g/mol. The van der Waals surface area contributed by atoms with Gasteiger partial charge in [-0.1, -0.05) is 60.2 Å². The van der Waals surface area contributed by atoms with Crippen LogP contribution in [0, 0.1) is 0 Å². The predicted octanol–water partition coefficient (Wildman–Crippen LogP) is 4.09. The van der Waals surface area contributed by atoms with Gasteiger partial charge in [0.2, 0.25) is 5.72 Å². The number of piperazine rings is 1. The van der Waals surface area contributed by atoms with E-state index < -0.39 is 17.2 Å². The van der Waals surface area contributed by atoms with E-state index in [2.05, 4.69) is 4.98 Å². The molecule has 7 heteroatoms. The Morgan fingerprint density at radius 1 is 1.09 bits per heavy atom. The van der Waals surface area contributed by atoms with Crippen LogP contribution >= 0.6 is 0 Å². The number of fused-ring (bicyclic) bond motifs is 2. The Morgan fingerprint density at radius 3 is 2.60 bits per heavy atom. The minimum atomic E-state index is -2.16. The van der Waals surface area contributed by atoms with Gasteiger partial charge in [-0.05, 0) is 50.3 Å². The molecule has 0 aliphatic carbocycles. The van der Waals surface area contributed by atoms with Gasteiger partial charge in [0, 0.05) is 30.1 Å². The number of hydroxylamine groups is 2. The summed E-state index contributed by atoms with van der Waals surface area (Å²) in [7, 11) is 0. The molecule has 0 saturated carbocycles. The summed E-state index contributed by atoms with van der Waals surface area (Å²) >= 11 is 0. The molecule has 2 atom stereocenters. The fourth-order valence-electron chi connectivity index (χ4n) is 5.30. The van der Waals surface area contributed by atoms with Crippen LogP contribution < -0.4 is 0 Å². The van der Waals surface area contributed by atoms with Gasteiger partial charge in [-0.25, -0.2) is 0 Å². The van der Waals surface area contributed by atoms with Crippen LogP contribution in [0.1, 0.15) is 44.2 Å². The third kappa shape index (κ3) is 3.94. The quantitative estimate of drug-likeness (QED) is 0.506. The van der Waals surface area contributed by atoms with Crippen LogP contribution in [0.2, 0.25) is 0 Å². The van der Waals surface area contributed by atoms with E-state index in [1.807, 2.05) is 74.5 Å². The minimum absolute atomic E-state index is 0.0643. The van der Waals surface area contributed by atoms with E-state index in [0.717, 1.165) is 32.7 Å². The fourth-order valence-corrected chi connectivity index (χ4v) is 5.30. The summed E-state index contributed by atoms with van der Waals surface area (Å²) in [5.41, 5.74) is 0.356. The van der Waals surface area contributed by atoms with Crippen LogP contribution in [0.15, 0.2) is 72.4 Å². The summed E-state index contributed by atoms with van der Waals surface area (Å²) in [6.07, 6.45) is 5.33. The van der Waals surface area contributed by atoms with Gasteiger partial charge in [0.25, 0.3) is 11.8 Å². The van der Waals surface area contributed by atoms with Crippen molar-refractivity contribution in [2.45, 2.75) is 57.4 Å². The number of hydrogen-bond donors (Lipinski definition) is 2. The number of carbonyl (C=O) groups is 2. The van der Waals surface area contributed by atoms with E-state index in [-0.39, 0.29) is 18.9 Å². The van der Waals surface area contributed by atoms with E-state index in [1.165, 1.54) is 0 Å². The summed E-state index contributed by atoms with van der Waals surface area (Å²) < 4.78 is 0. The molecule has 5 rings (SSSR count). The molecular weight excluding hydrogens is 442 g/mol. The van der Waals surface area contributed by atoms with E-state index in [4.69, 9.17) is 4.84 Å². The second-order valence-electron chi connectivity index (χ2n) is 9.79. The van der Waals surface area contributed by atoms with E-state index in [0.29, 0.717) is 25.8 Å². The maximum atomic E-state index is 14.1. The molecule has 1 unspecified atom stereocenters. The van der Waals surface area contributed by atoms with Gasteiger partial charge >= 0.3 is 0 Å². The molecule has 2 saturated heterocycles. The monoisotopic (exact) mass is 473 g/mol. The number of benzene rings is 2. The van der Waals surface area contributed by atoms with Crippen molar-refractivity contribution in [3.8, 4) is 0 Å². The van der Waals surface area contributed by atoms with Gasteiger partial charge in [0.1, 0.15) is 12.1 Å². The SMILES string of the molecule is CC(C)=CC[C@]12CCCN1C(=O)C(O)(Cc1c[nH]c3ccccc13)N(OCc1ccccc1)C2=O. The van der Waals surface area contributed by atoms with E-state index in [1.54, 1.807) is 11.1 Å². The second kappa shape index (κ2) is 8.98. The van der Waals surface area contributed by atoms with Gasteiger partial charge in [-0.3, -0.25) is 14.4 Å². The molecule has 2 aliphatic heterocycles. The maximum Gasteiger partial charge on any atom is 0.279 e. The number of hydrogen-bond acceptors (Lipinski definition) is 4. The smallest absolute Gasteiger partial charge is 0.279 e. The van der Waals surface area contributed by atoms with E-state index in [9.17, 15) is 14.7 Å². The van der Waals surface area contributed by atoms with Crippen LogP contribution in [0.3, 0.4) is 0 Å². The highest BCUT2D eigenvalue weighted by molar-refractivity contribution is 6.02. The molecule has 1 aromatic heterocycles. The van der Waals surface area contributed by atoms with Crippen molar-refractivity contribution < 1.29 is 19.5 Å². The molecule has 0 spiro atoms. The van der Waals surface area contributed by atoms with Gasteiger partial charge in [0.05, 0.1) is 0 Å². The summed E-state index contributed by atoms with van der Waals surface area (Å²) in [6, 6.07) is 17.1. The Hall–Kier alpha value is -3.42. The molecule has 35 heavy (non-hydrogen) atoms. The Balaban J connectivity index is 1.56. The highest BCUT2D eigenvalue weighted by atomic mass is 16.7. The molecular formula is C28H31N3O4. The third-order valence-corrected chi connectivity index (χ3v) is 7.16. The van der Waals surface area contributed by atoms with E-state index >= 15 is 0 Å². The topological polar surface area (TPSA) is 85.9 Å². The third-order valence-electron chi connectivity index (χ3n) is 7.16. The first-order valence-corrected chi connectivity index (χ1v) is 12.1. The number of allylic oxidation sites excluding steroid dienone is 1. The van der Waals surface area contributed by atoms with Crippen molar-refractivity contribution in [2.75, 3.05) is 6.54 Å². The summed E-state index contributed by atoms with van der Waals surface area (Å²) in [4.78, 5) is 38.9. The number of aromatic amines is 1. The molecule has 182 valence electrons. The first kappa shape index (κ1) is 23.3. The first-order valence-electron chi connectivity index (χ1n) is 12.1. The molecule has 3 heterocycles. The van der Waals surface area contributed by atoms with Crippen molar-refractivity contribution >= 4 is 22.7 Å². The molecule has 2 aromatic carbocycles. The van der Waals surface area contributed by atoms with Crippen molar-refractivity contribution in [1.82, 2.24) is 14.9 Å². The number of amides is 2. The zero-order valence-electron chi connectivity index (χ0n) is 20.2. The Bertz CT molecular complexity index is 1280. The number of aromatic nitrogens is 1. The highest BCUT2D eigenvalue weighted by Gasteiger charge is 2.64. The molecule has 0 bridgehead atoms. The lowest BCUT2D eigenvalue weighted by Crippen LogP contribution is -2.75. The Morgan fingerprint density at radius 2 is 1.83 bits per heavy atom. The predicted molar refractivity (Wildman–Crippen MR) is 133 cm³/mol. The van der Waals surface area contributed by atoms with Crippen LogP contribution in [-0.4, -0.2) is 49.7 Å². The zero-order chi connectivity index (χ0) is 24.6. The largest absolute Gasteiger partial charge is 0.361 e. The lowest BCUT2D eigenvalue weighted by atomic mass is 9.84. The minimum Gasteiger partial charge on any atom is -0.361 e. The van der Waals surface area contributed by atoms with Gasteiger partial charge in [-0.2, -0.15) is 5.06 Å². The molecule has 0 radical (unpaired) electrons. The standard InChI is InChI=1S/C28H31N3O4/c1-20(2)13-15-27-14-8-16-30(27)26(33)28(34,17-22-18-29-24-12-7-6-11-23(22)24)31(25(27)32)35-19-21-9-4-3-5-10-21/h3-7,9-13,18,29,34H,8,14-17,19H2,1-2H3/t27-,28?/m0/s1. The van der Waals surface area contributed by atoms with Crippen LogP contribution in [0.25, 0.3) is 10.9 Å². The average Bonchev–Trinajstić information content (AvgIpc) is 3.47. The number of nitrogens with one attached hydrogen (secondary N) is 1. The van der Waals surface area contributed by atoms with Crippen LogP contribution in [0.4, 0.5) is 0 Å². The normalized spacial score (nSPS) is 24.2. The van der Waals surface area contributed by atoms with Crippen molar-refractivity contribution in [2.24, 2.45) is 0 Å². The fraction of sp³-hybridized carbons (Fsp3) is 0.357. The number of rotatable bonds is 7. The number of nitrogens with zero attached hydrogens (tertiary/aromatic N) is 2. The number of aliphatic hydroxyl groups is 1. The lowest BCUT2D eigenvalue weighted by Gasteiger charge is -2.51. The molecule has 7 nitrogen and oxygen atoms in total. The first-order chi connectivity index (χ1) is 16.8. The zero-order valence-corrected chi connectivity index (χ0v) is 20.2. The van der Waals surface area contributed by atoms with Gasteiger partial charge < -0.3 is 15.0 Å². The Labute approximate surface area is 204 Å². The van der Waals surface area contributed by atoms with Gasteiger partial charge in [0.15, 0.2) is 0 Å². The summed E-state index contributed by atoms with van der Waals surface area (Å²) in [5.74, 6) is -0.861. The van der Waals surface area contributed by atoms with Crippen LogP contribution in [-0.2, 0) is 27.5 Å². The van der Waals surface area contributed by atoms with Crippen molar-refractivity contribution in [3.05, 3.63) is 83.6 Å². The molecule has 2 amide bonds. The molecule has 2 fully saturated rings. The highest BCUT2D eigenvalue weighted by Crippen LogP contribution is 2.44. The molecule has 2 aliphatic rings. The summed E-state index contributed by atoms with van der Waals surface area (Å²) in [6.45, 7) is 4.45. The number of carbonyl (C=O) groups excluding carboxylic acids is 2.